The summed E-state index contributed by atoms with van der Waals surface area (Å²) in [5.74, 6) is -1.90. The van der Waals surface area contributed by atoms with Crippen LogP contribution in [0.15, 0.2) is 54.6 Å². The molecule has 0 bridgehead atoms. The molecule has 3 atom stereocenters. The fourth-order valence-corrected chi connectivity index (χ4v) is 6.40. The minimum absolute atomic E-state index is 0.276. The van der Waals surface area contributed by atoms with Crippen molar-refractivity contribution < 1.29 is 18.3 Å². The second kappa shape index (κ2) is 8.43. The van der Waals surface area contributed by atoms with Gasteiger partial charge < -0.3 is 10.0 Å². The van der Waals surface area contributed by atoms with E-state index in [0.29, 0.717) is 31.1 Å². The molecule has 0 amide bonds. The largest absolute Gasteiger partial charge is 0.480 e. The van der Waals surface area contributed by atoms with Crippen LogP contribution < -0.4 is 9.62 Å². The molecule has 1 heterocycles. The van der Waals surface area contributed by atoms with Crippen molar-refractivity contribution in [2.24, 2.45) is 5.92 Å². The number of aliphatic carboxylic acids is 1. The molecule has 2 aromatic carbocycles. The average Bonchev–Trinajstić information content (AvgIpc) is 3.41. The van der Waals surface area contributed by atoms with Gasteiger partial charge in [0.1, 0.15) is 5.54 Å². The molecule has 1 aliphatic heterocycles. The Morgan fingerprint density at radius 3 is 2.39 bits per heavy atom. The highest BCUT2D eigenvalue weighted by Crippen LogP contribution is 2.57. The van der Waals surface area contributed by atoms with Crippen LogP contribution in [0.1, 0.15) is 24.8 Å². The number of carboxylic acids is 1. The van der Waals surface area contributed by atoms with Crippen LogP contribution in [0, 0.1) is 5.92 Å². The van der Waals surface area contributed by atoms with E-state index in [1.807, 2.05) is 54.6 Å². The molecule has 31 heavy (non-hydrogen) atoms. The molecule has 166 valence electrons. The summed E-state index contributed by atoms with van der Waals surface area (Å²) in [6.45, 7) is 3.61. The van der Waals surface area contributed by atoms with E-state index in [4.69, 9.17) is 11.6 Å². The Bertz CT molecular complexity index is 1050. The average molecular weight is 464 g/mol. The highest BCUT2D eigenvalue weighted by atomic mass is 35.5. The number of nitrogens with one attached hydrogen (secondary N) is 1. The molecule has 1 saturated carbocycles. The predicted octanol–water partition coefficient (Wildman–Crippen LogP) is 2.94. The molecule has 1 saturated heterocycles. The molecule has 0 spiro atoms. The van der Waals surface area contributed by atoms with Crippen molar-refractivity contribution in [1.82, 2.24) is 9.03 Å². The van der Waals surface area contributed by atoms with Crippen LogP contribution in [-0.2, 0) is 15.0 Å². The summed E-state index contributed by atoms with van der Waals surface area (Å²) in [5, 5.41) is 10.6. The Hall–Kier alpha value is -2.13. The van der Waals surface area contributed by atoms with Gasteiger partial charge in [0.05, 0.1) is 0 Å². The number of carboxylic acid groups (broad SMARTS) is 1. The van der Waals surface area contributed by atoms with Gasteiger partial charge in [0, 0.05) is 42.8 Å². The van der Waals surface area contributed by atoms with Crippen LogP contribution in [0.4, 0.5) is 5.69 Å². The molecule has 2 N–H and O–H groups in total. The molecule has 2 aromatic rings. The Labute approximate surface area is 187 Å². The van der Waals surface area contributed by atoms with E-state index in [9.17, 15) is 18.3 Å². The van der Waals surface area contributed by atoms with Crippen molar-refractivity contribution in [3.63, 3.8) is 0 Å². The van der Waals surface area contributed by atoms with Gasteiger partial charge in [0.2, 0.25) is 0 Å². The minimum Gasteiger partial charge on any atom is -0.480 e. The van der Waals surface area contributed by atoms with Crippen molar-refractivity contribution in [3.8, 4) is 0 Å². The highest BCUT2D eigenvalue weighted by Gasteiger charge is 2.70. The van der Waals surface area contributed by atoms with Crippen LogP contribution in [0.2, 0.25) is 5.02 Å². The fourth-order valence-electron chi connectivity index (χ4n) is 4.62. The second-order valence-electron chi connectivity index (χ2n) is 8.17. The lowest BCUT2D eigenvalue weighted by Gasteiger charge is -2.25. The first-order valence-electron chi connectivity index (χ1n) is 10.3. The van der Waals surface area contributed by atoms with Crippen molar-refractivity contribution >= 4 is 33.5 Å². The van der Waals surface area contributed by atoms with E-state index >= 15 is 0 Å². The van der Waals surface area contributed by atoms with Gasteiger partial charge in [-0.3, -0.25) is 4.79 Å². The summed E-state index contributed by atoms with van der Waals surface area (Å²) in [7, 11) is -3.98. The first kappa shape index (κ1) is 22.1. The fraction of sp³-hybridized carbons (Fsp3) is 0.409. The summed E-state index contributed by atoms with van der Waals surface area (Å²) >= 11 is 5.96. The molecule has 2 aliphatic rings. The zero-order valence-electron chi connectivity index (χ0n) is 17.2. The molecule has 1 unspecified atom stereocenters. The second-order valence-corrected chi connectivity index (χ2v) is 10.3. The molecular formula is C22H26ClN3O4S. The van der Waals surface area contributed by atoms with Crippen LogP contribution in [0.3, 0.4) is 0 Å². The van der Waals surface area contributed by atoms with E-state index in [2.05, 4.69) is 9.62 Å². The maximum Gasteiger partial charge on any atom is 0.325 e. The quantitative estimate of drug-likeness (QED) is 0.687. The summed E-state index contributed by atoms with van der Waals surface area (Å²) in [6.07, 6.45) is 0.640. The summed E-state index contributed by atoms with van der Waals surface area (Å²) < 4.78 is 30.4. The van der Waals surface area contributed by atoms with E-state index in [-0.39, 0.29) is 12.5 Å². The van der Waals surface area contributed by atoms with Crippen molar-refractivity contribution in [2.45, 2.75) is 24.8 Å². The molecular weight excluding hydrogens is 438 g/mol. The lowest BCUT2D eigenvalue weighted by molar-refractivity contribution is -0.140. The van der Waals surface area contributed by atoms with Crippen molar-refractivity contribution in [3.05, 3.63) is 65.2 Å². The number of hydrogen-bond donors (Lipinski definition) is 2. The van der Waals surface area contributed by atoms with Crippen molar-refractivity contribution in [1.29, 1.82) is 0 Å². The standard InChI is InChI=1S/C22H26ClN3O4S/c1-16-20(17-6-3-2-4-7-17)22(16,21(27)28)24-31(29,30)26-13-5-12-25(14-15-26)19-10-8-18(23)9-11-19/h2-4,6-11,16,20,24H,5,12-15H2,1H3,(H,27,28)/t16?,20-,22-/m0/s1. The maximum absolute atomic E-state index is 13.2. The van der Waals surface area contributed by atoms with Crippen LogP contribution in [0.5, 0.6) is 0 Å². The molecule has 0 radical (unpaired) electrons. The number of rotatable bonds is 6. The third-order valence-electron chi connectivity index (χ3n) is 6.40. The number of nitrogens with zero attached hydrogens (tertiary/aromatic N) is 2. The SMILES string of the molecule is CC1[C@@H](c2ccccc2)[C@]1(NS(=O)(=O)N1CCCN(c2ccc(Cl)cc2)CC1)C(=O)O. The number of halogens is 1. The van der Waals surface area contributed by atoms with E-state index in [0.717, 1.165) is 11.3 Å². The van der Waals surface area contributed by atoms with E-state index < -0.39 is 27.6 Å². The Morgan fingerprint density at radius 1 is 1.06 bits per heavy atom. The lowest BCUT2D eigenvalue weighted by Crippen LogP contribution is -2.52. The zero-order valence-corrected chi connectivity index (χ0v) is 18.8. The van der Waals surface area contributed by atoms with Gasteiger partial charge in [0.15, 0.2) is 0 Å². The number of hydrogen-bond acceptors (Lipinski definition) is 4. The molecule has 0 aromatic heterocycles. The van der Waals surface area contributed by atoms with E-state index in [1.54, 1.807) is 6.92 Å². The highest BCUT2D eigenvalue weighted by molar-refractivity contribution is 7.87. The molecule has 2 fully saturated rings. The first-order valence-corrected chi connectivity index (χ1v) is 12.2. The summed E-state index contributed by atoms with van der Waals surface area (Å²) in [5.41, 5.74) is 0.283. The van der Waals surface area contributed by atoms with Gasteiger partial charge in [0.25, 0.3) is 10.2 Å². The molecule has 9 heteroatoms. The third kappa shape index (κ3) is 4.17. The number of carbonyl (C=O) groups is 1. The van der Waals surface area contributed by atoms with Gasteiger partial charge in [-0.05, 0) is 42.2 Å². The van der Waals surface area contributed by atoms with Gasteiger partial charge in [-0.1, -0.05) is 48.9 Å². The minimum atomic E-state index is -3.98. The van der Waals surface area contributed by atoms with E-state index in [1.165, 1.54) is 4.31 Å². The summed E-state index contributed by atoms with van der Waals surface area (Å²) in [6, 6.07) is 16.7. The Morgan fingerprint density at radius 2 is 1.74 bits per heavy atom. The smallest absolute Gasteiger partial charge is 0.325 e. The normalized spacial score (nSPS) is 27.0. The van der Waals surface area contributed by atoms with Gasteiger partial charge >= 0.3 is 5.97 Å². The number of benzene rings is 2. The summed E-state index contributed by atoms with van der Waals surface area (Å²) in [4.78, 5) is 14.3. The van der Waals surface area contributed by atoms with Crippen LogP contribution in [0.25, 0.3) is 0 Å². The maximum atomic E-state index is 13.2. The topological polar surface area (TPSA) is 90.0 Å². The van der Waals surface area contributed by atoms with Gasteiger partial charge in [-0.25, -0.2) is 0 Å². The molecule has 4 rings (SSSR count). The van der Waals surface area contributed by atoms with Crippen molar-refractivity contribution in [2.75, 3.05) is 31.1 Å². The van der Waals surface area contributed by atoms with Crippen LogP contribution in [-0.4, -0.2) is 55.5 Å². The van der Waals surface area contributed by atoms with Crippen LogP contribution >= 0.6 is 11.6 Å². The monoisotopic (exact) mass is 463 g/mol. The first-order chi connectivity index (χ1) is 14.8. The van der Waals surface area contributed by atoms with Gasteiger partial charge in [-0.2, -0.15) is 17.4 Å². The van der Waals surface area contributed by atoms with Gasteiger partial charge in [-0.15, -0.1) is 0 Å². The predicted molar refractivity (Wildman–Crippen MR) is 121 cm³/mol. The number of anilines is 1. The Kier molecular flexibility index (Phi) is 6.00. The third-order valence-corrected chi connectivity index (χ3v) is 8.29. The Balaban J connectivity index is 1.50. The molecule has 7 nitrogen and oxygen atoms in total. The zero-order chi connectivity index (χ0) is 22.2. The molecule has 1 aliphatic carbocycles. The lowest BCUT2D eigenvalue weighted by atomic mass is 10.1.